The molecule has 0 N–H and O–H groups in total. The lowest BCUT2D eigenvalue weighted by Crippen LogP contribution is -2.10. The Morgan fingerprint density at radius 2 is 2.13 bits per heavy atom. The molecule has 84 valence electrons. The molecule has 1 aromatic rings. The number of aromatic nitrogens is 1. The summed E-state index contributed by atoms with van der Waals surface area (Å²) < 4.78 is 7.07. The minimum atomic E-state index is -0.209. The molecule has 3 nitrogen and oxygen atoms in total. The van der Waals surface area contributed by atoms with Crippen molar-refractivity contribution in [3.8, 4) is 0 Å². The SMILES string of the molecule is CCOC(=O)c1c(C)cn(C)c1C(C)C. The third kappa shape index (κ3) is 2.22. The van der Waals surface area contributed by atoms with Gasteiger partial charge in [0.2, 0.25) is 0 Å². The van der Waals surface area contributed by atoms with Gasteiger partial charge in [-0.2, -0.15) is 0 Å². The maximum Gasteiger partial charge on any atom is 0.340 e. The minimum absolute atomic E-state index is 0.209. The number of hydrogen-bond donors (Lipinski definition) is 0. The van der Waals surface area contributed by atoms with Crippen LogP contribution in [0.25, 0.3) is 0 Å². The number of esters is 1. The Morgan fingerprint density at radius 3 is 2.60 bits per heavy atom. The molecule has 0 radical (unpaired) electrons. The lowest BCUT2D eigenvalue weighted by Gasteiger charge is -2.10. The van der Waals surface area contributed by atoms with Crippen molar-refractivity contribution in [2.45, 2.75) is 33.6 Å². The molecular weight excluding hydrogens is 190 g/mol. The monoisotopic (exact) mass is 209 g/mol. The smallest absolute Gasteiger partial charge is 0.340 e. The van der Waals surface area contributed by atoms with E-state index in [-0.39, 0.29) is 5.97 Å². The van der Waals surface area contributed by atoms with Crippen LogP contribution in [0.4, 0.5) is 0 Å². The number of ether oxygens (including phenoxy) is 1. The van der Waals surface area contributed by atoms with Crippen LogP contribution < -0.4 is 0 Å². The third-order valence-electron chi connectivity index (χ3n) is 2.44. The molecule has 0 unspecified atom stereocenters. The molecule has 1 aromatic heterocycles. The largest absolute Gasteiger partial charge is 0.462 e. The minimum Gasteiger partial charge on any atom is -0.462 e. The van der Waals surface area contributed by atoms with Gasteiger partial charge in [0.1, 0.15) is 0 Å². The fraction of sp³-hybridized carbons (Fsp3) is 0.583. The Bertz CT molecular complexity index is 364. The van der Waals surface area contributed by atoms with Crippen molar-refractivity contribution in [1.82, 2.24) is 4.57 Å². The highest BCUT2D eigenvalue weighted by Crippen LogP contribution is 2.24. The average molecular weight is 209 g/mol. The first-order valence-electron chi connectivity index (χ1n) is 5.32. The number of rotatable bonds is 3. The van der Waals surface area contributed by atoms with Crippen molar-refractivity contribution in [2.24, 2.45) is 7.05 Å². The summed E-state index contributed by atoms with van der Waals surface area (Å²) in [6, 6.07) is 0. The first-order chi connectivity index (χ1) is 6.99. The molecule has 1 rings (SSSR count). The van der Waals surface area contributed by atoms with Crippen LogP contribution in [0.1, 0.15) is 48.3 Å². The maximum absolute atomic E-state index is 11.8. The summed E-state index contributed by atoms with van der Waals surface area (Å²) in [5, 5.41) is 0. The molecule has 1 heterocycles. The summed E-state index contributed by atoms with van der Waals surface area (Å²) in [6.45, 7) is 8.35. The standard InChI is InChI=1S/C12H19NO2/c1-6-15-12(14)10-9(4)7-13(5)11(10)8(2)3/h7-8H,6H2,1-5H3. The van der Waals surface area contributed by atoms with E-state index in [1.54, 1.807) is 0 Å². The van der Waals surface area contributed by atoms with Gasteiger partial charge in [-0.1, -0.05) is 13.8 Å². The summed E-state index contributed by atoms with van der Waals surface area (Å²) in [4.78, 5) is 11.8. The van der Waals surface area contributed by atoms with Gasteiger partial charge >= 0.3 is 5.97 Å². The molecular formula is C12H19NO2. The Hall–Kier alpha value is -1.25. The molecule has 0 spiro atoms. The fourth-order valence-electron chi connectivity index (χ4n) is 1.97. The van der Waals surface area contributed by atoms with Crippen LogP contribution in [0.15, 0.2) is 6.20 Å². The number of carbonyl (C=O) groups is 1. The molecule has 0 atom stereocenters. The van der Waals surface area contributed by atoms with Crippen molar-refractivity contribution < 1.29 is 9.53 Å². The summed E-state index contributed by atoms with van der Waals surface area (Å²) in [6.07, 6.45) is 1.97. The van der Waals surface area contributed by atoms with E-state index in [1.807, 2.05) is 31.7 Å². The van der Waals surface area contributed by atoms with Crippen LogP contribution in [0, 0.1) is 6.92 Å². The van der Waals surface area contributed by atoms with Gasteiger partial charge in [-0.25, -0.2) is 4.79 Å². The number of aryl methyl sites for hydroxylation is 2. The van der Waals surface area contributed by atoms with Crippen LogP contribution in [0.2, 0.25) is 0 Å². The van der Waals surface area contributed by atoms with Crippen LogP contribution in [-0.4, -0.2) is 17.1 Å². The van der Waals surface area contributed by atoms with Gasteiger partial charge in [-0.15, -0.1) is 0 Å². The van der Waals surface area contributed by atoms with Crippen molar-refractivity contribution in [2.75, 3.05) is 6.61 Å². The summed E-state index contributed by atoms with van der Waals surface area (Å²) in [5.41, 5.74) is 2.76. The normalized spacial score (nSPS) is 10.8. The van der Waals surface area contributed by atoms with Gasteiger partial charge in [0, 0.05) is 18.9 Å². The first kappa shape index (κ1) is 11.8. The Morgan fingerprint density at radius 1 is 1.53 bits per heavy atom. The van der Waals surface area contributed by atoms with Crippen LogP contribution in [-0.2, 0) is 11.8 Å². The molecule has 0 aliphatic heterocycles. The van der Waals surface area contributed by atoms with Gasteiger partial charge in [0.05, 0.1) is 12.2 Å². The first-order valence-corrected chi connectivity index (χ1v) is 5.32. The highest BCUT2D eigenvalue weighted by Gasteiger charge is 2.21. The predicted molar refractivity (Wildman–Crippen MR) is 60.2 cm³/mol. The number of nitrogens with zero attached hydrogens (tertiary/aromatic N) is 1. The molecule has 0 fully saturated rings. The lowest BCUT2D eigenvalue weighted by molar-refractivity contribution is 0.0523. The molecule has 15 heavy (non-hydrogen) atoms. The summed E-state index contributed by atoms with van der Waals surface area (Å²) >= 11 is 0. The third-order valence-corrected chi connectivity index (χ3v) is 2.44. The molecule has 0 aromatic carbocycles. The second kappa shape index (κ2) is 4.51. The molecule has 0 saturated carbocycles. The van der Waals surface area contributed by atoms with Gasteiger partial charge in [0.15, 0.2) is 0 Å². The zero-order valence-electron chi connectivity index (χ0n) is 10.1. The maximum atomic E-state index is 11.8. The zero-order chi connectivity index (χ0) is 11.6. The van der Waals surface area contributed by atoms with Gasteiger partial charge < -0.3 is 9.30 Å². The van der Waals surface area contributed by atoms with E-state index in [9.17, 15) is 4.79 Å². The van der Waals surface area contributed by atoms with Gasteiger partial charge in [-0.3, -0.25) is 0 Å². The van der Waals surface area contributed by atoms with E-state index in [0.29, 0.717) is 12.5 Å². The Balaban J connectivity index is 3.20. The molecule has 0 aliphatic rings. The molecule has 3 heteroatoms. The van der Waals surface area contributed by atoms with Crippen LogP contribution >= 0.6 is 0 Å². The van der Waals surface area contributed by atoms with E-state index >= 15 is 0 Å². The van der Waals surface area contributed by atoms with E-state index in [4.69, 9.17) is 4.74 Å². The summed E-state index contributed by atoms with van der Waals surface area (Å²) in [7, 11) is 1.96. The Labute approximate surface area is 91.0 Å². The van der Waals surface area contributed by atoms with Crippen molar-refractivity contribution in [3.05, 3.63) is 23.0 Å². The van der Waals surface area contributed by atoms with E-state index in [0.717, 1.165) is 16.8 Å². The summed E-state index contributed by atoms with van der Waals surface area (Å²) in [5.74, 6) is 0.113. The van der Waals surface area contributed by atoms with Crippen molar-refractivity contribution >= 4 is 5.97 Å². The van der Waals surface area contributed by atoms with Crippen molar-refractivity contribution in [3.63, 3.8) is 0 Å². The average Bonchev–Trinajstić information content (AvgIpc) is 2.41. The second-order valence-corrected chi connectivity index (χ2v) is 4.06. The number of carbonyl (C=O) groups excluding carboxylic acids is 1. The highest BCUT2D eigenvalue weighted by atomic mass is 16.5. The second-order valence-electron chi connectivity index (χ2n) is 4.06. The van der Waals surface area contributed by atoms with Crippen LogP contribution in [0.3, 0.4) is 0 Å². The molecule has 0 amide bonds. The van der Waals surface area contributed by atoms with Crippen LogP contribution in [0.5, 0.6) is 0 Å². The van der Waals surface area contributed by atoms with E-state index in [2.05, 4.69) is 13.8 Å². The lowest BCUT2D eigenvalue weighted by atomic mass is 10.0. The van der Waals surface area contributed by atoms with E-state index in [1.165, 1.54) is 0 Å². The molecule has 0 bridgehead atoms. The highest BCUT2D eigenvalue weighted by molar-refractivity contribution is 5.92. The number of hydrogen-bond acceptors (Lipinski definition) is 2. The quantitative estimate of drug-likeness (QED) is 0.716. The fourth-order valence-corrected chi connectivity index (χ4v) is 1.97. The topological polar surface area (TPSA) is 31.2 Å². The molecule has 0 aliphatic carbocycles. The molecule has 0 saturated heterocycles. The van der Waals surface area contributed by atoms with E-state index < -0.39 is 0 Å². The predicted octanol–water partition coefficient (Wildman–Crippen LogP) is 2.63. The zero-order valence-corrected chi connectivity index (χ0v) is 10.1. The van der Waals surface area contributed by atoms with Gasteiger partial charge in [-0.05, 0) is 25.3 Å². The van der Waals surface area contributed by atoms with Gasteiger partial charge in [0.25, 0.3) is 0 Å². The van der Waals surface area contributed by atoms with Crippen molar-refractivity contribution in [1.29, 1.82) is 0 Å². The Kier molecular flexibility index (Phi) is 3.56.